The van der Waals surface area contributed by atoms with Crippen molar-refractivity contribution in [1.29, 1.82) is 0 Å². The van der Waals surface area contributed by atoms with E-state index >= 15 is 4.39 Å². The maximum atomic E-state index is 15.2. The molecule has 3 heterocycles. The molecule has 0 amide bonds. The maximum absolute atomic E-state index is 15.2. The molecule has 0 unspecified atom stereocenters. The highest BCUT2D eigenvalue weighted by atomic mass is 19.1. The molecule has 5 rings (SSSR count). The van der Waals surface area contributed by atoms with Crippen LogP contribution in [0.25, 0.3) is 11.1 Å². The van der Waals surface area contributed by atoms with Crippen LogP contribution in [0.5, 0.6) is 17.2 Å². The van der Waals surface area contributed by atoms with Crippen molar-refractivity contribution in [1.82, 2.24) is 4.98 Å². The van der Waals surface area contributed by atoms with E-state index in [4.69, 9.17) is 19.9 Å². The number of ether oxygens (including phenoxy) is 3. The van der Waals surface area contributed by atoms with Gasteiger partial charge in [0.15, 0.2) is 11.6 Å². The molecule has 2 aliphatic rings. The first-order valence-electron chi connectivity index (χ1n) is 10.7. The fraction of sp³-hybridized carbons (Fsp3) is 0.280. The molecule has 2 aromatic carbocycles. The van der Waals surface area contributed by atoms with E-state index in [1.165, 1.54) is 20.0 Å². The second-order valence-electron chi connectivity index (χ2n) is 8.90. The lowest BCUT2D eigenvalue weighted by atomic mass is 9.79. The van der Waals surface area contributed by atoms with Crippen LogP contribution in [0.3, 0.4) is 0 Å². The minimum absolute atomic E-state index is 0.0353. The normalized spacial score (nSPS) is 19.1. The largest absolute Gasteiger partial charge is 0.490 e. The number of hydrogen-bond donors (Lipinski definition) is 1. The Morgan fingerprint density at radius 2 is 1.97 bits per heavy atom. The molecule has 2 N–H and O–H groups in total. The SMILES string of the molecule is CC(C)(F)COc1cc(F)c2c(c1)[C@@]1(COCC(N)=N1)c1cc(-c3cccnc3F)ccc1O2. The third-order valence-corrected chi connectivity index (χ3v) is 5.65. The second-order valence-corrected chi connectivity index (χ2v) is 8.90. The summed E-state index contributed by atoms with van der Waals surface area (Å²) in [6, 6.07) is 10.9. The van der Waals surface area contributed by atoms with E-state index in [1.54, 1.807) is 36.4 Å². The van der Waals surface area contributed by atoms with Crippen molar-refractivity contribution in [2.24, 2.45) is 10.7 Å². The van der Waals surface area contributed by atoms with Crippen LogP contribution in [0, 0.1) is 11.8 Å². The van der Waals surface area contributed by atoms with Gasteiger partial charge in [0.05, 0.1) is 6.61 Å². The summed E-state index contributed by atoms with van der Waals surface area (Å²) >= 11 is 0. The van der Waals surface area contributed by atoms with Gasteiger partial charge in [-0.2, -0.15) is 4.39 Å². The summed E-state index contributed by atoms with van der Waals surface area (Å²) in [4.78, 5) is 8.40. The first-order valence-corrected chi connectivity index (χ1v) is 10.7. The number of nitrogens with two attached hydrogens (primary N) is 1. The van der Waals surface area contributed by atoms with Crippen molar-refractivity contribution < 1.29 is 27.4 Å². The Morgan fingerprint density at radius 3 is 2.71 bits per heavy atom. The highest BCUT2D eigenvalue weighted by molar-refractivity contribution is 5.84. The first kappa shape index (κ1) is 22.2. The van der Waals surface area contributed by atoms with E-state index in [9.17, 15) is 8.78 Å². The predicted molar refractivity (Wildman–Crippen MR) is 120 cm³/mol. The van der Waals surface area contributed by atoms with Crippen molar-refractivity contribution >= 4 is 5.84 Å². The smallest absolute Gasteiger partial charge is 0.220 e. The standard InChI is InChI=1S/C25H22F3N3O3/c1-24(2,28)12-33-15-9-18-22(19(26)10-15)34-20-6-5-14(16-4-3-7-30-23(16)27)8-17(20)25(18)13-32-11-21(29)31-25/h3-10H,11-13H2,1-2H3,(H2,29,31)/t25-/m1/s1. The summed E-state index contributed by atoms with van der Waals surface area (Å²) in [6.07, 6.45) is 1.36. The Hall–Kier alpha value is -3.59. The summed E-state index contributed by atoms with van der Waals surface area (Å²) in [5.41, 5.74) is 4.82. The lowest BCUT2D eigenvalue weighted by Gasteiger charge is -2.39. The molecule has 0 aliphatic carbocycles. The van der Waals surface area contributed by atoms with Gasteiger partial charge in [-0.25, -0.2) is 13.8 Å². The first-order chi connectivity index (χ1) is 16.2. The quantitative estimate of drug-likeness (QED) is 0.551. The zero-order chi connectivity index (χ0) is 24.1. The fourth-order valence-electron chi connectivity index (χ4n) is 4.17. The summed E-state index contributed by atoms with van der Waals surface area (Å²) in [5, 5.41) is 0. The number of benzene rings is 2. The number of alkyl halides is 1. The van der Waals surface area contributed by atoms with Crippen molar-refractivity contribution in [2.75, 3.05) is 19.8 Å². The Balaban J connectivity index is 1.70. The van der Waals surface area contributed by atoms with Crippen LogP contribution in [0.1, 0.15) is 25.0 Å². The highest BCUT2D eigenvalue weighted by Crippen LogP contribution is 2.52. The zero-order valence-electron chi connectivity index (χ0n) is 18.6. The van der Waals surface area contributed by atoms with Crippen LogP contribution in [-0.2, 0) is 10.3 Å². The summed E-state index contributed by atoms with van der Waals surface area (Å²) < 4.78 is 60.8. The summed E-state index contributed by atoms with van der Waals surface area (Å²) in [5.74, 6) is -0.730. The van der Waals surface area contributed by atoms with E-state index in [1.807, 2.05) is 0 Å². The monoisotopic (exact) mass is 469 g/mol. The van der Waals surface area contributed by atoms with Gasteiger partial charge in [0.1, 0.15) is 41.8 Å². The molecule has 34 heavy (non-hydrogen) atoms. The second kappa shape index (κ2) is 8.02. The minimum atomic E-state index is -1.62. The van der Waals surface area contributed by atoms with E-state index in [-0.39, 0.29) is 42.7 Å². The van der Waals surface area contributed by atoms with Gasteiger partial charge in [0.2, 0.25) is 5.95 Å². The van der Waals surface area contributed by atoms with Gasteiger partial charge in [-0.3, -0.25) is 4.99 Å². The minimum Gasteiger partial charge on any atom is -0.490 e. The number of fused-ring (bicyclic) bond motifs is 4. The van der Waals surface area contributed by atoms with Crippen LogP contribution < -0.4 is 15.2 Å². The number of aromatic nitrogens is 1. The molecular weight excluding hydrogens is 447 g/mol. The molecule has 1 atom stereocenters. The summed E-state index contributed by atoms with van der Waals surface area (Å²) in [6.45, 7) is 2.60. The van der Waals surface area contributed by atoms with Crippen LogP contribution in [0.2, 0.25) is 0 Å². The third kappa shape index (κ3) is 3.86. The molecule has 9 heteroatoms. The molecule has 176 valence electrons. The number of rotatable bonds is 4. The van der Waals surface area contributed by atoms with E-state index in [0.29, 0.717) is 22.4 Å². The van der Waals surface area contributed by atoms with Crippen LogP contribution in [0.15, 0.2) is 53.7 Å². The fourth-order valence-corrected chi connectivity index (χ4v) is 4.17. The van der Waals surface area contributed by atoms with Crippen molar-refractivity contribution in [3.63, 3.8) is 0 Å². The molecule has 0 radical (unpaired) electrons. The van der Waals surface area contributed by atoms with E-state index in [0.717, 1.165) is 6.07 Å². The van der Waals surface area contributed by atoms with Gasteiger partial charge in [0.25, 0.3) is 0 Å². The topological polar surface area (TPSA) is 79.0 Å². The predicted octanol–water partition coefficient (Wildman–Crippen LogP) is 4.89. The highest BCUT2D eigenvalue weighted by Gasteiger charge is 2.46. The maximum Gasteiger partial charge on any atom is 0.220 e. The molecule has 0 bridgehead atoms. The number of amidine groups is 1. The molecule has 0 fully saturated rings. The van der Waals surface area contributed by atoms with Crippen LogP contribution >= 0.6 is 0 Å². The molecule has 0 saturated heterocycles. The van der Waals surface area contributed by atoms with Gasteiger partial charge >= 0.3 is 0 Å². The molecule has 1 aromatic heterocycles. The van der Waals surface area contributed by atoms with Crippen molar-refractivity contribution in [2.45, 2.75) is 25.1 Å². The number of aliphatic imine (C=N–C) groups is 1. The van der Waals surface area contributed by atoms with E-state index < -0.39 is 23.0 Å². The van der Waals surface area contributed by atoms with E-state index in [2.05, 4.69) is 9.98 Å². The Morgan fingerprint density at radius 1 is 1.15 bits per heavy atom. The van der Waals surface area contributed by atoms with Crippen LogP contribution in [0.4, 0.5) is 13.2 Å². The summed E-state index contributed by atoms with van der Waals surface area (Å²) in [7, 11) is 0. The van der Waals surface area contributed by atoms with Crippen molar-refractivity contribution in [3.05, 3.63) is 71.6 Å². The average Bonchev–Trinajstić information content (AvgIpc) is 2.78. The van der Waals surface area contributed by atoms with Gasteiger partial charge in [0, 0.05) is 29.0 Å². The molecule has 1 spiro atoms. The number of nitrogens with zero attached hydrogens (tertiary/aromatic N) is 2. The van der Waals surface area contributed by atoms with Gasteiger partial charge in [-0.1, -0.05) is 6.07 Å². The Labute approximate surface area is 194 Å². The number of halogens is 3. The molecular formula is C25H22F3N3O3. The van der Waals surface area contributed by atoms with Gasteiger partial charge in [-0.15, -0.1) is 0 Å². The zero-order valence-corrected chi connectivity index (χ0v) is 18.6. The van der Waals surface area contributed by atoms with Gasteiger partial charge in [-0.05, 0) is 49.7 Å². The average molecular weight is 469 g/mol. The number of pyridine rings is 1. The molecule has 3 aromatic rings. The molecule has 0 saturated carbocycles. The Kier molecular flexibility index (Phi) is 5.24. The molecule has 6 nitrogen and oxygen atoms in total. The van der Waals surface area contributed by atoms with Crippen LogP contribution in [-0.4, -0.2) is 36.3 Å². The van der Waals surface area contributed by atoms with Crippen molar-refractivity contribution in [3.8, 4) is 28.4 Å². The lowest BCUT2D eigenvalue weighted by molar-refractivity contribution is 0.107. The lowest BCUT2D eigenvalue weighted by Crippen LogP contribution is -2.42. The van der Waals surface area contributed by atoms with Gasteiger partial charge < -0.3 is 19.9 Å². The number of hydrogen-bond acceptors (Lipinski definition) is 6. The molecule has 2 aliphatic heterocycles. The Bertz CT molecular complexity index is 1310. The third-order valence-electron chi connectivity index (χ3n) is 5.65.